The fraction of sp³-hybridized carbons (Fsp3) is 0.400. The van der Waals surface area contributed by atoms with Crippen LogP contribution in [0.25, 0.3) is 5.76 Å². The smallest absolute Gasteiger partial charge is 0.295 e. The van der Waals surface area contributed by atoms with Gasteiger partial charge in [0.1, 0.15) is 18.1 Å². The Hall–Kier alpha value is -3.62. The fourth-order valence-electron chi connectivity index (χ4n) is 4.96. The van der Waals surface area contributed by atoms with Gasteiger partial charge in [-0.1, -0.05) is 24.8 Å². The third-order valence-corrected chi connectivity index (χ3v) is 7.05. The second-order valence-corrected chi connectivity index (χ2v) is 9.87. The van der Waals surface area contributed by atoms with Crippen LogP contribution in [0.3, 0.4) is 0 Å². The number of hydrogen-bond acceptors (Lipinski definition) is 7. The summed E-state index contributed by atoms with van der Waals surface area (Å²) in [7, 11) is 3.91. The zero-order valence-corrected chi connectivity index (χ0v) is 22.5. The molecule has 0 aromatic heterocycles. The number of ether oxygens (including phenoxy) is 2. The second kappa shape index (κ2) is 12.3. The monoisotopic (exact) mass is 519 g/mol. The van der Waals surface area contributed by atoms with Crippen molar-refractivity contribution in [1.29, 1.82) is 0 Å². The molecule has 2 aromatic rings. The van der Waals surface area contributed by atoms with Gasteiger partial charge in [-0.05, 0) is 54.8 Å². The number of morpholine rings is 1. The topological polar surface area (TPSA) is 82.5 Å². The van der Waals surface area contributed by atoms with Gasteiger partial charge in [-0.2, -0.15) is 0 Å². The van der Waals surface area contributed by atoms with Gasteiger partial charge in [0.05, 0.1) is 24.8 Å². The highest BCUT2D eigenvalue weighted by molar-refractivity contribution is 6.46. The lowest BCUT2D eigenvalue weighted by molar-refractivity contribution is -0.140. The van der Waals surface area contributed by atoms with Crippen LogP contribution in [0.5, 0.6) is 5.75 Å². The number of aliphatic hydroxyl groups is 1. The Morgan fingerprint density at radius 3 is 2.47 bits per heavy atom. The zero-order valence-electron chi connectivity index (χ0n) is 22.5. The van der Waals surface area contributed by atoms with Crippen molar-refractivity contribution >= 4 is 23.1 Å². The van der Waals surface area contributed by atoms with Gasteiger partial charge in [-0.15, -0.1) is 0 Å². The first-order valence-corrected chi connectivity index (χ1v) is 13.0. The molecule has 2 heterocycles. The van der Waals surface area contributed by atoms with E-state index in [1.807, 2.05) is 50.2 Å². The normalized spacial score (nSPS) is 19.6. The number of Topliss-reactive ketones (excluding diaryl/α,β-unsaturated/α-hetero) is 1. The summed E-state index contributed by atoms with van der Waals surface area (Å²) in [6.07, 6.45) is 2.38. The van der Waals surface area contributed by atoms with Crippen LogP contribution in [0.2, 0.25) is 0 Å². The lowest BCUT2D eigenvalue weighted by atomic mass is 9.94. The highest BCUT2D eigenvalue weighted by Crippen LogP contribution is 2.40. The molecule has 2 aromatic carbocycles. The molecule has 0 spiro atoms. The van der Waals surface area contributed by atoms with E-state index < -0.39 is 17.7 Å². The van der Waals surface area contributed by atoms with Gasteiger partial charge in [-0.3, -0.25) is 14.5 Å². The lowest BCUT2D eigenvalue weighted by Crippen LogP contribution is -2.38. The molecule has 2 saturated heterocycles. The number of benzene rings is 2. The molecular formula is C30H37N3O5. The van der Waals surface area contributed by atoms with E-state index in [0.29, 0.717) is 44.1 Å². The Balaban J connectivity index is 1.68. The van der Waals surface area contributed by atoms with Crippen LogP contribution in [-0.2, 0) is 14.3 Å². The van der Waals surface area contributed by atoms with Crippen LogP contribution in [0, 0.1) is 6.92 Å². The van der Waals surface area contributed by atoms with Crippen molar-refractivity contribution in [2.45, 2.75) is 19.4 Å². The summed E-state index contributed by atoms with van der Waals surface area (Å²) >= 11 is 0. The first-order chi connectivity index (χ1) is 18.3. The lowest BCUT2D eigenvalue weighted by Gasteiger charge is -2.29. The van der Waals surface area contributed by atoms with Gasteiger partial charge in [0, 0.05) is 51.5 Å². The fourth-order valence-corrected chi connectivity index (χ4v) is 4.96. The Bertz CT molecular complexity index is 1200. The maximum Gasteiger partial charge on any atom is 0.295 e. The van der Waals surface area contributed by atoms with Gasteiger partial charge in [-0.25, -0.2) is 0 Å². The molecule has 0 saturated carbocycles. The molecule has 38 heavy (non-hydrogen) atoms. The van der Waals surface area contributed by atoms with Crippen molar-refractivity contribution in [1.82, 2.24) is 9.80 Å². The Labute approximate surface area is 224 Å². The van der Waals surface area contributed by atoms with E-state index in [0.717, 1.165) is 36.4 Å². The average molecular weight is 520 g/mol. The summed E-state index contributed by atoms with van der Waals surface area (Å²) in [5.41, 5.74) is 3.17. The number of amides is 1. The molecule has 8 heteroatoms. The molecule has 8 nitrogen and oxygen atoms in total. The largest absolute Gasteiger partial charge is 0.507 e. The number of anilines is 1. The van der Waals surface area contributed by atoms with Gasteiger partial charge < -0.3 is 24.4 Å². The van der Waals surface area contributed by atoms with Gasteiger partial charge in [0.15, 0.2) is 0 Å². The first-order valence-electron chi connectivity index (χ1n) is 13.0. The summed E-state index contributed by atoms with van der Waals surface area (Å²) < 4.78 is 11.1. The summed E-state index contributed by atoms with van der Waals surface area (Å²) in [5, 5.41) is 11.4. The number of hydrogen-bond donors (Lipinski definition) is 1. The molecule has 2 aliphatic rings. The number of ketones is 1. The highest BCUT2D eigenvalue weighted by Gasteiger charge is 2.45. The molecule has 0 radical (unpaired) electrons. The molecule has 0 bridgehead atoms. The molecule has 202 valence electrons. The third-order valence-electron chi connectivity index (χ3n) is 7.05. The van der Waals surface area contributed by atoms with E-state index in [2.05, 4.69) is 11.5 Å². The average Bonchev–Trinajstić information content (AvgIpc) is 3.17. The molecule has 1 N–H and O–H groups in total. The summed E-state index contributed by atoms with van der Waals surface area (Å²) in [6.45, 7) is 10.3. The summed E-state index contributed by atoms with van der Waals surface area (Å²) in [6, 6.07) is 12.3. The quantitative estimate of drug-likeness (QED) is 0.221. The van der Waals surface area contributed by atoms with Crippen LogP contribution in [0.15, 0.2) is 60.7 Å². The van der Waals surface area contributed by atoms with Gasteiger partial charge >= 0.3 is 0 Å². The number of carbonyl (C=O) groups excluding carboxylic acids is 2. The Morgan fingerprint density at radius 2 is 1.84 bits per heavy atom. The molecule has 2 fully saturated rings. The summed E-state index contributed by atoms with van der Waals surface area (Å²) in [5.74, 6) is -0.766. The minimum atomic E-state index is -0.673. The van der Waals surface area contributed by atoms with E-state index in [1.165, 1.54) is 0 Å². The number of nitrogens with zero attached hydrogens (tertiary/aromatic N) is 3. The van der Waals surface area contributed by atoms with Crippen molar-refractivity contribution in [3.63, 3.8) is 0 Å². The molecule has 1 unspecified atom stereocenters. The molecule has 2 aliphatic heterocycles. The molecule has 1 atom stereocenters. The molecular weight excluding hydrogens is 482 g/mol. The van der Waals surface area contributed by atoms with Crippen molar-refractivity contribution in [2.75, 3.05) is 65.0 Å². The number of carbonyl (C=O) groups is 2. The van der Waals surface area contributed by atoms with Crippen LogP contribution < -0.4 is 9.64 Å². The van der Waals surface area contributed by atoms with E-state index in [9.17, 15) is 14.7 Å². The molecule has 4 rings (SSSR count). The Kier molecular flexibility index (Phi) is 8.86. The van der Waals surface area contributed by atoms with Crippen molar-refractivity contribution in [3.05, 3.63) is 77.4 Å². The van der Waals surface area contributed by atoms with Crippen LogP contribution >= 0.6 is 0 Å². The maximum atomic E-state index is 13.4. The van der Waals surface area contributed by atoms with E-state index in [-0.39, 0.29) is 11.3 Å². The maximum absolute atomic E-state index is 13.4. The molecule has 0 aliphatic carbocycles. The zero-order chi connectivity index (χ0) is 27.2. The van der Waals surface area contributed by atoms with Gasteiger partial charge in [0.25, 0.3) is 11.7 Å². The van der Waals surface area contributed by atoms with Crippen LogP contribution in [0.4, 0.5) is 5.69 Å². The first kappa shape index (κ1) is 27.4. The van der Waals surface area contributed by atoms with E-state index in [1.54, 1.807) is 29.2 Å². The number of aliphatic hydroxyl groups excluding tert-OH is 1. The van der Waals surface area contributed by atoms with Crippen molar-refractivity contribution in [3.8, 4) is 5.75 Å². The minimum Gasteiger partial charge on any atom is -0.507 e. The van der Waals surface area contributed by atoms with Crippen molar-refractivity contribution in [2.24, 2.45) is 0 Å². The second-order valence-electron chi connectivity index (χ2n) is 9.87. The molecule has 1 amide bonds. The highest BCUT2D eigenvalue weighted by atomic mass is 16.5. The summed E-state index contributed by atoms with van der Waals surface area (Å²) in [4.78, 5) is 32.6. The van der Waals surface area contributed by atoms with Gasteiger partial charge in [0.2, 0.25) is 0 Å². The standard InChI is InChI=1S/C30H37N3O5/c1-5-17-38-25-12-9-23(20-21(25)2)28(34)26-27(22-7-10-24(11-8-22)31(3)4)33(30(36)29(26)35)14-6-13-32-15-18-37-19-16-32/h5,7-12,20,27,34H,1,6,13-19H2,2-4H3/b28-26-. The van der Waals surface area contributed by atoms with E-state index >= 15 is 0 Å². The van der Waals surface area contributed by atoms with Crippen molar-refractivity contribution < 1.29 is 24.2 Å². The SMILES string of the molecule is C=CCOc1ccc(/C(O)=C2/C(=O)C(=O)N(CCCN3CCOCC3)C2c2ccc(N(C)C)cc2)cc1C. The van der Waals surface area contributed by atoms with E-state index in [4.69, 9.17) is 9.47 Å². The Morgan fingerprint density at radius 1 is 1.13 bits per heavy atom. The minimum absolute atomic E-state index is 0.109. The number of aryl methyl sites for hydroxylation is 1. The number of rotatable bonds is 10. The predicted molar refractivity (Wildman–Crippen MR) is 149 cm³/mol. The van der Waals surface area contributed by atoms with Crippen LogP contribution in [-0.4, -0.2) is 86.7 Å². The van der Waals surface area contributed by atoms with Crippen LogP contribution in [0.1, 0.15) is 29.2 Å². The third kappa shape index (κ3) is 5.92. The predicted octanol–water partition coefficient (Wildman–Crippen LogP) is 3.77. The number of likely N-dealkylation sites (tertiary alicyclic amines) is 1.